The van der Waals surface area contributed by atoms with Gasteiger partial charge in [0, 0.05) is 17.5 Å². The van der Waals surface area contributed by atoms with Crippen LogP contribution in [0.5, 0.6) is 5.75 Å². The third-order valence-corrected chi connectivity index (χ3v) is 6.36. The molecule has 1 aromatic heterocycles. The molecule has 0 unspecified atom stereocenters. The van der Waals surface area contributed by atoms with Crippen molar-refractivity contribution in [2.45, 2.75) is 70.1 Å². The molecule has 6 nitrogen and oxygen atoms in total. The van der Waals surface area contributed by atoms with E-state index in [0.29, 0.717) is 41.8 Å². The average Bonchev–Trinajstić information content (AvgIpc) is 2.74. The summed E-state index contributed by atoms with van der Waals surface area (Å²) in [6, 6.07) is 5.42. The maximum atomic E-state index is 14.8. The van der Waals surface area contributed by atoms with Crippen LogP contribution in [0.15, 0.2) is 24.4 Å². The highest BCUT2D eigenvalue weighted by molar-refractivity contribution is 5.83. The number of fused-ring (bicyclic) bond motifs is 4. The third kappa shape index (κ3) is 4.47. The van der Waals surface area contributed by atoms with Gasteiger partial charge in [-0.3, -0.25) is 9.88 Å². The van der Waals surface area contributed by atoms with Gasteiger partial charge in [0.25, 0.3) is 0 Å². The number of methoxy groups -OCH3 is 1. The van der Waals surface area contributed by atoms with Crippen molar-refractivity contribution in [3.05, 3.63) is 35.8 Å². The first-order chi connectivity index (χ1) is 14.7. The zero-order valence-corrected chi connectivity index (χ0v) is 18.7. The lowest BCUT2D eigenvalue weighted by Gasteiger charge is -2.52. The molecule has 3 aliphatic rings. The maximum Gasteiger partial charge on any atom is 0.410 e. The van der Waals surface area contributed by atoms with Crippen LogP contribution in [0.2, 0.25) is 0 Å². The monoisotopic (exact) mass is 430 g/mol. The molecule has 1 saturated carbocycles. The second-order valence-corrected chi connectivity index (χ2v) is 9.58. The fourth-order valence-electron chi connectivity index (χ4n) is 4.71. The molecule has 7 heteroatoms. The predicted molar refractivity (Wildman–Crippen MR) is 116 cm³/mol. The molecular weight excluding hydrogens is 399 g/mol. The third-order valence-electron chi connectivity index (χ3n) is 6.36. The van der Waals surface area contributed by atoms with E-state index in [1.54, 1.807) is 24.1 Å². The minimum atomic E-state index is -0.610. The van der Waals surface area contributed by atoms with Crippen LogP contribution in [0.1, 0.15) is 52.0 Å². The quantitative estimate of drug-likeness (QED) is 0.677. The van der Waals surface area contributed by atoms with Gasteiger partial charge in [-0.1, -0.05) is 0 Å². The molecule has 2 saturated heterocycles. The number of aromatic nitrogens is 1. The van der Waals surface area contributed by atoms with Gasteiger partial charge in [0.2, 0.25) is 0 Å². The van der Waals surface area contributed by atoms with E-state index in [2.05, 4.69) is 4.98 Å². The van der Waals surface area contributed by atoms with Crippen LogP contribution in [0.4, 0.5) is 9.18 Å². The highest BCUT2D eigenvalue weighted by Gasteiger charge is 2.48. The van der Waals surface area contributed by atoms with Gasteiger partial charge in [-0.05, 0) is 71.1 Å². The largest absolute Gasteiger partial charge is 0.497 e. The Hall–Kier alpha value is -2.41. The Morgan fingerprint density at radius 2 is 2.06 bits per heavy atom. The van der Waals surface area contributed by atoms with E-state index in [4.69, 9.17) is 14.2 Å². The van der Waals surface area contributed by atoms with Gasteiger partial charge in [-0.25, -0.2) is 9.18 Å². The Morgan fingerprint density at radius 1 is 1.32 bits per heavy atom. The van der Waals surface area contributed by atoms with Crippen LogP contribution in [-0.2, 0) is 15.9 Å². The van der Waals surface area contributed by atoms with E-state index in [1.165, 1.54) is 6.20 Å². The van der Waals surface area contributed by atoms with Crippen LogP contribution in [0.25, 0.3) is 10.9 Å². The summed E-state index contributed by atoms with van der Waals surface area (Å²) in [7, 11) is 1.58. The Balaban J connectivity index is 1.65. The van der Waals surface area contributed by atoms with Crippen molar-refractivity contribution < 1.29 is 23.4 Å². The van der Waals surface area contributed by atoms with Gasteiger partial charge in [0.05, 0.1) is 37.1 Å². The molecule has 0 radical (unpaired) electrons. The molecule has 1 aromatic carbocycles. The van der Waals surface area contributed by atoms with Crippen molar-refractivity contribution in [1.82, 2.24) is 9.88 Å². The number of hydrogen-bond donors (Lipinski definition) is 0. The lowest BCUT2D eigenvalue weighted by atomic mass is 9.76. The van der Waals surface area contributed by atoms with Gasteiger partial charge in [0.1, 0.15) is 17.2 Å². The van der Waals surface area contributed by atoms with Crippen molar-refractivity contribution >= 4 is 17.0 Å². The molecule has 2 bridgehead atoms. The van der Waals surface area contributed by atoms with Gasteiger partial charge in [-0.2, -0.15) is 0 Å². The maximum absolute atomic E-state index is 14.8. The van der Waals surface area contributed by atoms with Crippen molar-refractivity contribution in [3.8, 4) is 5.75 Å². The molecule has 0 N–H and O–H groups in total. The lowest BCUT2D eigenvalue weighted by Crippen LogP contribution is -2.61. The number of carbonyl (C=O) groups excluding carboxylic acids is 1. The summed E-state index contributed by atoms with van der Waals surface area (Å²) >= 11 is 0. The van der Waals surface area contributed by atoms with Crippen molar-refractivity contribution in [2.75, 3.05) is 20.3 Å². The van der Waals surface area contributed by atoms with Crippen LogP contribution < -0.4 is 4.74 Å². The molecule has 5 rings (SSSR count). The minimum Gasteiger partial charge on any atom is -0.497 e. The average molecular weight is 431 g/mol. The van der Waals surface area contributed by atoms with Crippen molar-refractivity contribution in [2.24, 2.45) is 0 Å². The molecule has 1 aliphatic carbocycles. The fourth-order valence-corrected chi connectivity index (χ4v) is 4.71. The summed E-state index contributed by atoms with van der Waals surface area (Å²) in [5.74, 6) is 0.258. The first-order valence-electron chi connectivity index (χ1n) is 10.9. The highest BCUT2D eigenvalue weighted by atomic mass is 19.1. The summed E-state index contributed by atoms with van der Waals surface area (Å²) in [4.78, 5) is 19.2. The van der Waals surface area contributed by atoms with Crippen LogP contribution in [-0.4, -0.2) is 53.5 Å². The Morgan fingerprint density at radius 3 is 2.68 bits per heavy atom. The minimum absolute atomic E-state index is 0.288. The Bertz CT molecular complexity index is 950. The number of hydrogen-bond acceptors (Lipinski definition) is 5. The smallest absolute Gasteiger partial charge is 0.410 e. The molecule has 0 atom stereocenters. The highest BCUT2D eigenvalue weighted by Crippen LogP contribution is 2.41. The second-order valence-electron chi connectivity index (χ2n) is 9.58. The molecular formula is C24H31FN2O4. The van der Waals surface area contributed by atoms with E-state index < -0.39 is 11.1 Å². The molecule has 2 aromatic rings. The summed E-state index contributed by atoms with van der Waals surface area (Å²) in [5.41, 5.74) is 0.217. The predicted octanol–water partition coefficient (Wildman–Crippen LogP) is 4.87. The van der Waals surface area contributed by atoms with Crippen LogP contribution in [0.3, 0.4) is 0 Å². The number of benzene rings is 1. The summed E-state index contributed by atoms with van der Waals surface area (Å²) in [6.07, 6.45) is 5.14. The van der Waals surface area contributed by atoms with Crippen molar-refractivity contribution in [3.63, 3.8) is 0 Å². The van der Waals surface area contributed by atoms with Crippen LogP contribution in [0, 0.1) is 5.82 Å². The number of carbonyl (C=O) groups is 1. The zero-order chi connectivity index (χ0) is 22.2. The molecule has 3 heterocycles. The molecule has 31 heavy (non-hydrogen) atoms. The van der Waals surface area contributed by atoms with Crippen LogP contribution >= 0.6 is 0 Å². The van der Waals surface area contributed by atoms with Crippen molar-refractivity contribution in [1.29, 1.82) is 0 Å². The Kier molecular flexibility index (Phi) is 5.81. The Labute approximate surface area is 182 Å². The molecule has 0 spiro atoms. The lowest BCUT2D eigenvalue weighted by molar-refractivity contribution is -0.132. The van der Waals surface area contributed by atoms with Gasteiger partial charge in [-0.15, -0.1) is 0 Å². The number of rotatable bonds is 5. The van der Waals surface area contributed by atoms with Gasteiger partial charge in [0.15, 0.2) is 0 Å². The fraction of sp³-hybridized carbons (Fsp3) is 0.583. The topological polar surface area (TPSA) is 60.9 Å². The van der Waals surface area contributed by atoms with E-state index in [0.717, 1.165) is 25.7 Å². The van der Waals surface area contributed by atoms with E-state index in [9.17, 15) is 9.18 Å². The molecule has 2 aliphatic heterocycles. The number of pyridine rings is 1. The molecule has 168 valence electrons. The second kappa shape index (κ2) is 8.26. The summed E-state index contributed by atoms with van der Waals surface area (Å²) in [5, 5.41) is 0.699. The molecule has 3 fully saturated rings. The number of halogens is 1. The van der Waals surface area contributed by atoms with Gasteiger partial charge < -0.3 is 14.2 Å². The standard InChI is InChI=1S/C24H31FN2O4/c1-23(2,3)31-22(28)27(24-10-7-16(8-11-24)30-15-24)12-9-18-19-13-17(29-4)5-6-21(19)26-14-20(18)25/h5-6,13-14,16H,7-12,15H2,1-4H3. The number of ether oxygens (including phenoxy) is 3. The summed E-state index contributed by atoms with van der Waals surface area (Å²) < 4.78 is 31.9. The molecule has 1 amide bonds. The number of amides is 1. The zero-order valence-electron chi connectivity index (χ0n) is 18.7. The summed E-state index contributed by atoms with van der Waals surface area (Å²) in [6.45, 7) is 6.42. The normalized spacial score (nSPS) is 23.1. The first-order valence-corrected chi connectivity index (χ1v) is 10.9. The van der Waals surface area contributed by atoms with E-state index >= 15 is 0 Å². The SMILES string of the molecule is COc1ccc2ncc(F)c(CCN(C(=O)OC(C)(C)C)C34CCC(CC3)OC4)c2c1. The van der Waals surface area contributed by atoms with E-state index in [-0.39, 0.29) is 18.0 Å². The van der Waals surface area contributed by atoms with E-state index in [1.807, 2.05) is 26.8 Å². The first kappa shape index (κ1) is 21.8. The van der Waals surface area contributed by atoms with Gasteiger partial charge >= 0.3 is 6.09 Å². The number of nitrogens with zero attached hydrogens (tertiary/aromatic N) is 2.